The maximum Gasteiger partial charge on any atom is 0.228 e. The van der Waals surface area contributed by atoms with Gasteiger partial charge in [0.15, 0.2) is 0 Å². The van der Waals surface area contributed by atoms with Gasteiger partial charge in [-0.25, -0.2) is 0 Å². The van der Waals surface area contributed by atoms with E-state index >= 15 is 0 Å². The first kappa shape index (κ1) is 13.2. The van der Waals surface area contributed by atoms with Crippen LogP contribution >= 0.6 is 11.6 Å². The Bertz CT molecular complexity index is 266. The zero-order chi connectivity index (χ0) is 12.3. The average Bonchev–Trinajstić information content (AvgIpc) is 2.95. The highest BCUT2D eigenvalue weighted by atomic mass is 35.5. The second-order valence-electron chi connectivity index (χ2n) is 5.24. The van der Waals surface area contributed by atoms with Gasteiger partial charge in [0.1, 0.15) is 0 Å². The molecule has 1 amide bonds. The third kappa shape index (κ3) is 3.14. The number of halogens is 1. The minimum absolute atomic E-state index is 0.0637. The molecule has 1 aliphatic carbocycles. The van der Waals surface area contributed by atoms with E-state index in [0.29, 0.717) is 25.1 Å². The molecule has 17 heavy (non-hydrogen) atoms. The Morgan fingerprint density at radius 3 is 2.65 bits per heavy atom. The first-order valence-corrected chi connectivity index (χ1v) is 7.24. The fourth-order valence-corrected chi connectivity index (χ4v) is 3.19. The van der Waals surface area contributed by atoms with Crippen LogP contribution in [0.1, 0.15) is 39.0 Å². The van der Waals surface area contributed by atoms with Crippen LogP contribution < -0.4 is 0 Å². The predicted octanol–water partition coefficient (Wildman–Crippen LogP) is 2.42. The number of nitrogens with zero attached hydrogens (tertiary/aromatic N) is 1. The maximum atomic E-state index is 12.5. The topological polar surface area (TPSA) is 29.5 Å². The number of alkyl halides is 1. The van der Waals surface area contributed by atoms with Crippen molar-refractivity contribution >= 4 is 17.5 Å². The average molecular weight is 260 g/mol. The first-order chi connectivity index (χ1) is 8.22. The van der Waals surface area contributed by atoms with E-state index in [-0.39, 0.29) is 17.9 Å². The molecule has 2 fully saturated rings. The van der Waals surface area contributed by atoms with E-state index in [1.54, 1.807) is 0 Å². The Morgan fingerprint density at radius 2 is 2.12 bits per heavy atom. The van der Waals surface area contributed by atoms with Crippen LogP contribution in [0.5, 0.6) is 0 Å². The summed E-state index contributed by atoms with van der Waals surface area (Å²) < 4.78 is 5.50. The highest BCUT2D eigenvalue weighted by Gasteiger charge is 2.34. The minimum Gasteiger partial charge on any atom is -0.378 e. The molecular formula is C13H22ClNO2. The third-order valence-corrected chi connectivity index (χ3v) is 4.09. The molecule has 0 radical (unpaired) electrons. The summed E-state index contributed by atoms with van der Waals surface area (Å²) >= 11 is 5.83. The molecule has 1 aliphatic heterocycles. The van der Waals surface area contributed by atoms with Crippen LogP contribution in [0, 0.1) is 5.92 Å². The highest BCUT2D eigenvalue weighted by molar-refractivity contribution is 6.18. The van der Waals surface area contributed by atoms with E-state index in [0.717, 1.165) is 19.3 Å². The highest BCUT2D eigenvalue weighted by Crippen LogP contribution is 2.28. The summed E-state index contributed by atoms with van der Waals surface area (Å²) in [5, 5.41) is 0. The second-order valence-corrected chi connectivity index (χ2v) is 5.61. The molecule has 1 saturated carbocycles. The summed E-state index contributed by atoms with van der Waals surface area (Å²) in [6.07, 6.45) is 5.87. The van der Waals surface area contributed by atoms with Crippen molar-refractivity contribution in [2.45, 2.75) is 51.2 Å². The van der Waals surface area contributed by atoms with Crippen molar-refractivity contribution in [1.29, 1.82) is 0 Å². The number of ether oxygens (including phenoxy) is 1. The zero-order valence-corrected chi connectivity index (χ0v) is 11.3. The van der Waals surface area contributed by atoms with Crippen LogP contribution in [0.4, 0.5) is 0 Å². The predicted molar refractivity (Wildman–Crippen MR) is 68.2 cm³/mol. The third-order valence-electron chi connectivity index (χ3n) is 3.92. The largest absolute Gasteiger partial charge is 0.378 e. The SMILES string of the molecule is CC1CC(C(=O)N(CCCl)C2CCCC2)CO1. The molecule has 0 aromatic heterocycles. The minimum atomic E-state index is 0.0637. The molecule has 0 N–H and O–H groups in total. The van der Waals surface area contributed by atoms with Gasteiger partial charge >= 0.3 is 0 Å². The zero-order valence-electron chi connectivity index (χ0n) is 10.5. The molecule has 2 atom stereocenters. The molecule has 0 bridgehead atoms. The molecule has 1 saturated heterocycles. The molecule has 3 nitrogen and oxygen atoms in total. The van der Waals surface area contributed by atoms with Gasteiger partial charge in [0.05, 0.1) is 18.6 Å². The Balaban J connectivity index is 1.96. The quantitative estimate of drug-likeness (QED) is 0.726. The van der Waals surface area contributed by atoms with Crippen molar-refractivity contribution in [3.05, 3.63) is 0 Å². The summed E-state index contributed by atoms with van der Waals surface area (Å²) in [5.74, 6) is 0.862. The Kier molecular flexibility index (Phi) is 4.69. The normalized spacial score (nSPS) is 29.8. The Labute approximate surface area is 108 Å². The summed E-state index contributed by atoms with van der Waals surface area (Å²) in [4.78, 5) is 14.5. The summed E-state index contributed by atoms with van der Waals surface area (Å²) in [6.45, 7) is 3.32. The molecule has 98 valence electrons. The first-order valence-electron chi connectivity index (χ1n) is 6.70. The number of hydrogen-bond acceptors (Lipinski definition) is 2. The van der Waals surface area contributed by atoms with E-state index in [2.05, 4.69) is 0 Å². The summed E-state index contributed by atoms with van der Waals surface area (Å²) in [6, 6.07) is 0.428. The lowest BCUT2D eigenvalue weighted by Gasteiger charge is -2.30. The van der Waals surface area contributed by atoms with Gasteiger partial charge in [0.25, 0.3) is 0 Å². The molecule has 1 heterocycles. The lowest BCUT2D eigenvalue weighted by Crippen LogP contribution is -2.43. The number of amides is 1. The van der Waals surface area contributed by atoms with E-state index in [4.69, 9.17) is 16.3 Å². The number of carbonyl (C=O) groups excluding carboxylic acids is 1. The van der Waals surface area contributed by atoms with Crippen LogP contribution in [0.15, 0.2) is 0 Å². The van der Waals surface area contributed by atoms with Crippen molar-refractivity contribution in [2.24, 2.45) is 5.92 Å². The Hall–Kier alpha value is -0.280. The fraction of sp³-hybridized carbons (Fsp3) is 0.923. The van der Waals surface area contributed by atoms with Gasteiger partial charge in [-0.3, -0.25) is 4.79 Å². The van der Waals surface area contributed by atoms with Gasteiger partial charge in [-0.05, 0) is 26.2 Å². The van der Waals surface area contributed by atoms with Gasteiger partial charge in [-0.2, -0.15) is 0 Å². The molecule has 4 heteroatoms. The van der Waals surface area contributed by atoms with Crippen molar-refractivity contribution in [3.8, 4) is 0 Å². The van der Waals surface area contributed by atoms with Gasteiger partial charge in [-0.1, -0.05) is 12.8 Å². The van der Waals surface area contributed by atoms with Crippen molar-refractivity contribution < 1.29 is 9.53 Å². The number of hydrogen-bond donors (Lipinski definition) is 0. The maximum absolute atomic E-state index is 12.5. The smallest absolute Gasteiger partial charge is 0.228 e. The monoisotopic (exact) mass is 259 g/mol. The van der Waals surface area contributed by atoms with E-state index in [9.17, 15) is 4.79 Å². The summed E-state index contributed by atoms with van der Waals surface area (Å²) in [5.41, 5.74) is 0. The second kappa shape index (κ2) is 6.05. The number of carbonyl (C=O) groups is 1. The lowest BCUT2D eigenvalue weighted by molar-refractivity contribution is -0.137. The van der Waals surface area contributed by atoms with Crippen LogP contribution in [-0.2, 0) is 9.53 Å². The lowest BCUT2D eigenvalue weighted by atomic mass is 10.0. The van der Waals surface area contributed by atoms with Crippen LogP contribution in [-0.4, -0.2) is 42.0 Å². The molecule has 2 unspecified atom stereocenters. The van der Waals surface area contributed by atoms with Crippen LogP contribution in [0.3, 0.4) is 0 Å². The van der Waals surface area contributed by atoms with Crippen molar-refractivity contribution in [2.75, 3.05) is 19.0 Å². The molecule has 0 aromatic rings. The molecule has 2 aliphatic rings. The number of rotatable bonds is 4. The van der Waals surface area contributed by atoms with Crippen LogP contribution in [0.25, 0.3) is 0 Å². The van der Waals surface area contributed by atoms with E-state index in [1.165, 1.54) is 12.8 Å². The standard InChI is InChI=1S/C13H22ClNO2/c1-10-8-11(9-17-10)13(16)15(7-6-14)12-4-2-3-5-12/h10-12H,2-9H2,1H3. The molecular weight excluding hydrogens is 238 g/mol. The van der Waals surface area contributed by atoms with Crippen molar-refractivity contribution in [1.82, 2.24) is 4.90 Å². The fourth-order valence-electron chi connectivity index (χ4n) is 3.00. The molecule has 2 rings (SSSR count). The van der Waals surface area contributed by atoms with Gasteiger partial charge in [-0.15, -0.1) is 11.6 Å². The molecule has 0 spiro atoms. The molecule has 0 aromatic carbocycles. The van der Waals surface area contributed by atoms with Gasteiger partial charge in [0.2, 0.25) is 5.91 Å². The van der Waals surface area contributed by atoms with Gasteiger partial charge in [0, 0.05) is 18.5 Å². The van der Waals surface area contributed by atoms with E-state index in [1.807, 2.05) is 11.8 Å². The van der Waals surface area contributed by atoms with Gasteiger partial charge < -0.3 is 9.64 Å². The van der Waals surface area contributed by atoms with Crippen molar-refractivity contribution in [3.63, 3.8) is 0 Å². The van der Waals surface area contributed by atoms with E-state index < -0.39 is 0 Å². The van der Waals surface area contributed by atoms with Crippen LogP contribution in [0.2, 0.25) is 0 Å². The Morgan fingerprint density at radius 1 is 1.41 bits per heavy atom. The summed E-state index contributed by atoms with van der Waals surface area (Å²) in [7, 11) is 0.